The number of carbonyl (C=O) groups is 2. The quantitative estimate of drug-likeness (QED) is 0.140. The molecule has 28 heavy (non-hydrogen) atoms. The Balaban J connectivity index is 2.16. The van der Waals surface area contributed by atoms with Gasteiger partial charge in [0.15, 0.2) is 5.17 Å². The van der Waals surface area contributed by atoms with Crippen molar-refractivity contribution in [3.05, 3.63) is 34.7 Å². The molecule has 1 aromatic rings. The van der Waals surface area contributed by atoms with E-state index in [9.17, 15) is 19.6 Å². The maximum Gasteiger partial charge on any atom is 0.488 e. The molecule has 148 valence electrons. The van der Waals surface area contributed by atoms with Crippen LogP contribution in [0.15, 0.2) is 39.4 Å². The van der Waals surface area contributed by atoms with Crippen molar-refractivity contribution in [2.75, 3.05) is 13.7 Å². The van der Waals surface area contributed by atoms with E-state index in [1.807, 2.05) is 6.92 Å². The van der Waals surface area contributed by atoms with Crippen LogP contribution in [0.5, 0.6) is 5.75 Å². The Bertz CT molecular complexity index is 825. The van der Waals surface area contributed by atoms with Gasteiger partial charge in [-0.05, 0) is 35.8 Å². The molecule has 0 saturated carbocycles. The summed E-state index contributed by atoms with van der Waals surface area (Å²) in [7, 11) is -0.410. The van der Waals surface area contributed by atoms with Crippen molar-refractivity contribution in [1.29, 1.82) is 0 Å². The number of rotatable bonds is 8. The van der Waals surface area contributed by atoms with Gasteiger partial charge in [0.25, 0.3) is 5.91 Å². The van der Waals surface area contributed by atoms with E-state index in [4.69, 9.17) is 4.74 Å². The lowest BCUT2D eigenvalue weighted by atomic mass is 9.79. The molecule has 1 heterocycles. The predicted octanol–water partition coefficient (Wildman–Crippen LogP) is 0.155. The van der Waals surface area contributed by atoms with Gasteiger partial charge in [0.1, 0.15) is 5.75 Å². The molecule has 2 rings (SSSR count). The number of esters is 1. The number of nitrogens with one attached hydrogen (secondary N) is 1. The highest BCUT2D eigenvalue weighted by Gasteiger charge is 2.25. The van der Waals surface area contributed by atoms with Crippen molar-refractivity contribution in [3.8, 4) is 5.75 Å². The molecule has 0 radical (unpaired) electrons. The van der Waals surface area contributed by atoms with Crippen LogP contribution in [0, 0.1) is 0 Å². The lowest BCUT2D eigenvalue weighted by molar-refractivity contribution is -0.135. The number of nitrogens with zero attached hydrogens (tertiary/aromatic N) is 2. The van der Waals surface area contributed by atoms with Crippen LogP contribution in [0.3, 0.4) is 0 Å². The van der Waals surface area contributed by atoms with Crippen LogP contribution in [0.1, 0.15) is 25.3 Å². The third-order valence-corrected chi connectivity index (χ3v) is 4.43. The summed E-state index contributed by atoms with van der Waals surface area (Å²) in [6, 6.07) is 4.70. The number of benzene rings is 1. The Hall–Kier alpha value is -2.63. The number of methoxy groups -OCH3 is 1. The summed E-state index contributed by atoms with van der Waals surface area (Å²) in [4.78, 5) is 23.2. The van der Waals surface area contributed by atoms with Crippen molar-refractivity contribution >= 4 is 47.6 Å². The molecule has 1 aliphatic rings. The zero-order chi connectivity index (χ0) is 20.5. The number of hydrogen-bond acceptors (Lipinski definition) is 9. The molecule has 1 aliphatic heterocycles. The fourth-order valence-corrected chi connectivity index (χ4v) is 2.81. The number of thioether (sulfide) groups is 1. The largest absolute Gasteiger partial charge is 0.493 e. The third-order valence-electron chi connectivity index (χ3n) is 3.53. The molecule has 0 spiro atoms. The molecule has 9 nitrogen and oxygen atoms in total. The van der Waals surface area contributed by atoms with Gasteiger partial charge in [-0.1, -0.05) is 19.4 Å². The highest BCUT2D eigenvalue weighted by molar-refractivity contribution is 8.18. The van der Waals surface area contributed by atoms with E-state index in [0.29, 0.717) is 17.9 Å². The minimum Gasteiger partial charge on any atom is -0.493 e. The van der Waals surface area contributed by atoms with Crippen molar-refractivity contribution in [1.82, 2.24) is 5.32 Å². The van der Waals surface area contributed by atoms with Crippen molar-refractivity contribution in [2.45, 2.75) is 19.8 Å². The number of amides is 1. The number of hydrogen-bond donors (Lipinski definition) is 3. The van der Waals surface area contributed by atoms with Gasteiger partial charge in [0.05, 0.1) is 24.8 Å². The second kappa shape index (κ2) is 10.6. The molecule has 1 saturated heterocycles. The maximum absolute atomic E-state index is 11.8. The minimum absolute atomic E-state index is 0.148. The lowest BCUT2D eigenvalue weighted by Crippen LogP contribution is -2.30. The van der Waals surface area contributed by atoms with Crippen LogP contribution in [-0.2, 0) is 14.3 Å². The summed E-state index contributed by atoms with van der Waals surface area (Å²) in [5, 5.41) is 29.2. The van der Waals surface area contributed by atoms with E-state index >= 15 is 0 Å². The van der Waals surface area contributed by atoms with Crippen LogP contribution in [0.4, 0.5) is 0 Å². The van der Waals surface area contributed by atoms with Crippen LogP contribution in [0.2, 0.25) is 0 Å². The van der Waals surface area contributed by atoms with Gasteiger partial charge >= 0.3 is 13.1 Å². The van der Waals surface area contributed by atoms with Crippen molar-refractivity contribution in [3.63, 3.8) is 0 Å². The second-order valence-electron chi connectivity index (χ2n) is 5.61. The third kappa shape index (κ3) is 6.22. The second-order valence-corrected chi connectivity index (χ2v) is 6.64. The van der Waals surface area contributed by atoms with Crippen molar-refractivity contribution in [2.24, 2.45) is 10.2 Å². The molecule has 0 atom stereocenters. The van der Waals surface area contributed by atoms with Crippen LogP contribution >= 0.6 is 11.8 Å². The molecule has 0 bridgehead atoms. The molecular weight excluding hydrogens is 385 g/mol. The van der Waals surface area contributed by atoms with Crippen molar-refractivity contribution < 1.29 is 29.1 Å². The summed E-state index contributed by atoms with van der Waals surface area (Å²) < 4.78 is 10.2. The standard InChI is InChI=1S/C17H20BN3O6S/c1-3-4-7-27-13-6-5-12(18(24)25)8-11(13)10-19-21-17-20-16(23)14(28-17)9-15(22)26-2/h5-6,8-10,24-25H,3-4,7H2,1-2H3,(H,20,21,23)/b14-9+,19-10?. The lowest BCUT2D eigenvalue weighted by Gasteiger charge is -2.10. The maximum atomic E-state index is 11.8. The smallest absolute Gasteiger partial charge is 0.488 e. The fraction of sp³-hybridized carbons (Fsp3) is 0.294. The molecular formula is C17H20BN3O6S. The Labute approximate surface area is 166 Å². The van der Waals surface area contributed by atoms with Gasteiger partial charge < -0.3 is 19.5 Å². The molecule has 0 aromatic heterocycles. The summed E-state index contributed by atoms with van der Waals surface area (Å²) in [5.41, 5.74) is 0.787. The SMILES string of the molecule is CCCCOc1ccc(B(O)O)cc1C=N/N=C1/NC(=O)/C(=C\C(=O)OC)S1. The first-order valence-electron chi connectivity index (χ1n) is 8.47. The predicted molar refractivity (Wildman–Crippen MR) is 108 cm³/mol. The molecule has 1 amide bonds. The Morgan fingerprint density at radius 2 is 2.18 bits per heavy atom. The molecule has 3 N–H and O–H groups in total. The number of carbonyl (C=O) groups excluding carboxylic acids is 2. The van der Waals surface area contributed by atoms with Crippen LogP contribution in [-0.4, -0.2) is 54.1 Å². The minimum atomic E-state index is -1.63. The highest BCUT2D eigenvalue weighted by atomic mass is 32.2. The van der Waals surface area contributed by atoms with E-state index in [1.54, 1.807) is 12.1 Å². The molecule has 0 unspecified atom stereocenters. The highest BCUT2D eigenvalue weighted by Crippen LogP contribution is 2.23. The normalized spacial score (nSPS) is 16.6. The van der Waals surface area contributed by atoms with Gasteiger partial charge in [0.2, 0.25) is 0 Å². The molecule has 1 fully saturated rings. The Morgan fingerprint density at radius 1 is 1.39 bits per heavy atom. The van der Waals surface area contributed by atoms with Gasteiger partial charge in [-0.2, -0.15) is 5.10 Å². The Morgan fingerprint density at radius 3 is 2.86 bits per heavy atom. The average Bonchev–Trinajstić information content (AvgIpc) is 3.01. The fourth-order valence-electron chi connectivity index (χ4n) is 2.07. The first-order chi connectivity index (χ1) is 13.4. The molecule has 1 aromatic carbocycles. The van der Waals surface area contributed by atoms with E-state index in [2.05, 4.69) is 20.3 Å². The summed E-state index contributed by atoms with van der Waals surface area (Å²) in [6.45, 7) is 2.56. The Kier molecular flexibility index (Phi) is 8.24. The molecule has 11 heteroatoms. The first-order valence-corrected chi connectivity index (χ1v) is 9.29. The topological polar surface area (TPSA) is 130 Å². The number of ether oxygens (including phenoxy) is 2. The van der Waals surface area contributed by atoms with Crippen LogP contribution < -0.4 is 15.5 Å². The monoisotopic (exact) mass is 405 g/mol. The zero-order valence-electron chi connectivity index (χ0n) is 15.4. The van der Waals surface area contributed by atoms with E-state index in [0.717, 1.165) is 30.7 Å². The first kappa shape index (κ1) is 21.7. The van der Waals surface area contributed by atoms with Gasteiger partial charge in [0, 0.05) is 11.6 Å². The summed E-state index contributed by atoms with van der Waals surface area (Å²) in [6.07, 6.45) is 4.30. The average molecular weight is 405 g/mol. The summed E-state index contributed by atoms with van der Waals surface area (Å²) >= 11 is 0.951. The number of unbranched alkanes of at least 4 members (excludes halogenated alkanes) is 1. The van der Waals surface area contributed by atoms with E-state index in [-0.39, 0.29) is 15.5 Å². The molecule has 0 aliphatic carbocycles. The van der Waals surface area contributed by atoms with Gasteiger partial charge in [-0.15, -0.1) is 5.10 Å². The van der Waals surface area contributed by atoms with E-state index in [1.165, 1.54) is 19.4 Å². The number of amidine groups is 1. The zero-order valence-corrected chi connectivity index (χ0v) is 16.2. The van der Waals surface area contributed by atoms with E-state index < -0.39 is 19.0 Å². The van der Waals surface area contributed by atoms with Gasteiger partial charge in [-0.3, -0.25) is 10.1 Å². The summed E-state index contributed by atoms with van der Waals surface area (Å²) in [5.74, 6) is -0.592. The van der Waals surface area contributed by atoms with Crippen LogP contribution in [0.25, 0.3) is 0 Å². The van der Waals surface area contributed by atoms with Gasteiger partial charge in [-0.25, -0.2) is 4.79 Å².